The van der Waals surface area contributed by atoms with Crippen LogP contribution in [0.2, 0.25) is 0 Å². The van der Waals surface area contributed by atoms with Crippen LogP contribution in [0.3, 0.4) is 0 Å². The molecule has 2 aromatic rings. The molecule has 1 atom stereocenters. The first-order chi connectivity index (χ1) is 12.0. The lowest BCUT2D eigenvalue weighted by Gasteiger charge is -2.21. The van der Waals surface area contributed by atoms with Crippen molar-refractivity contribution in [3.63, 3.8) is 0 Å². The Labute approximate surface area is 144 Å². The minimum atomic E-state index is -1.04. The quantitative estimate of drug-likeness (QED) is 0.485. The summed E-state index contributed by atoms with van der Waals surface area (Å²) in [6.07, 6.45) is -0.300. The van der Waals surface area contributed by atoms with E-state index in [4.69, 9.17) is 4.74 Å². The van der Waals surface area contributed by atoms with Gasteiger partial charge in [0.2, 0.25) is 0 Å². The normalized spacial score (nSPS) is 13.9. The van der Waals surface area contributed by atoms with E-state index in [1.54, 1.807) is 4.90 Å². The molecule has 0 unspecified atom stereocenters. The van der Waals surface area contributed by atoms with Gasteiger partial charge in [-0.05, 0) is 31.0 Å². The lowest BCUT2D eigenvalue weighted by Crippen LogP contribution is -2.39. The average Bonchev–Trinajstić information content (AvgIpc) is 3.05. The van der Waals surface area contributed by atoms with Crippen molar-refractivity contribution in [1.82, 2.24) is 0 Å². The summed E-state index contributed by atoms with van der Waals surface area (Å²) in [5, 5.41) is 11.0. The average molecular weight is 340 g/mol. The molecule has 3 rings (SSSR count). The Kier molecular flexibility index (Phi) is 4.47. The molecule has 0 fully saturated rings. The van der Waals surface area contributed by atoms with Crippen LogP contribution in [-0.2, 0) is 16.0 Å². The van der Waals surface area contributed by atoms with Crippen molar-refractivity contribution in [2.75, 3.05) is 11.4 Å². The number of carbonyl (C=O) groups excluding carboxylic acids is 2. The number of esters is 1. The maximum absolute atomic E-state index is 12.6. The van der Waals surface area contributed by atoms with Crippen LogP contribution in [0.1, 0.15) is 22.8 Å². The molecule has 1 aliphatic heterocycles. The predicted octanol–water partition coefficient (Wildman–Crippen LogP) is 2.73. The monoisotopic (exact) mass is 340 g/mol. The number of carbonyl (C=O) groups is 2. The van der Waals surface area contributed by atoms with Gasteiger partial charge in [-0.3, -0.25) is 14.9 Å². The summed E-state index contributed by atoms with van der Waals surface area (Å²) in [6.45, 7) is 1.99. The number of para-hydroxylation sites is 2. The smallest absolute Gasteiger partial charge is 0.345 e. The Hall–Kier alpha value is -3.22. The zero-order valence-electron chi connectivity index (χ0n) is 13.5. The molecule has 0 aromatic heterocycles. The molecule has 0 saturated carbocycles. The number of hydrogen-bond acceptors (Lipinski definition) is 5. The Morgan fingerprint density at radius 3 is 2.60 bits per heavy atom. The van der Waals surface area contributed by atoms with Crippen LogP contribution in [0.15, 0.2) is 48.5 Å². The largest absolute Gasteiger partial charge is 0.449 e. The Morgan fingerprint density at radius 2 is 1.84 bits per heavy atom. The van der Waals surface area contributed by atoms with Crippen molar-refractivity contribution in [3.8, 4) is 0 Å². The van der Waals surface area contributed by atoms with Gasteiger partial charge < -0.3 is 9.64 Å². The third kappa shape index (κ3) is 3.21. The fourth-order valence-corrected chi connectivity index (χ4v) is 2.87. The number of rotatable bonds is 4. The van der Waals surface area contributed by atoms with E-state index in [-0.39, 0.29) is 17.2 Å². The maximum Gasteiger partial charge on any atom is 0.345 e. The van der Waals surface area contributed by atoms with Gasteiger partial charge >= 0.3 is 5.97 Å². The van der Waals surface area contributed by atoms with Gasteiger partial charge in [0.15, 0.2) is 6.10 Å². The second-order valence-corrected chi connectivity index (χ2v) is 5.69. The summed E-state index contributed by atoms with van der Waals surface area (Å²) >= 11 is 0. The number of nitrogens with zero attached hydrogens (tertiary/aromatic N) is 2. The summed E-state index contributed by atoms with van der Waals surface area (Å²) < 4.78 is 5.18. The highest BCUT2D eigenvalue weighted by atomic mass is 16.6. The molecule has 1 heterocycles. The van der Waals surface area contributed by atoms with Gasteiger partial charge in [-0.2, -0.15) is 0 Å². The number of hydrogen-bond donors (Lipinski definition) is 0. The van der Waals surface area contributed by atoms with E-state index in [0.717, 1.165) is 17.7 Å². The lowest BCUT2D eigenvalue weighted by molar-refractivity contribution is -0.385. The van der Waals surface area contributed by atoms with Crippen LogP contribution >= 0.6 is 0 Å². The van der Waals surface area contributed by atoms with Crippen molar-refractivity contribution in [3.05, 3.63) is 69.8 Å². The number of fused-ring (bicyclic) bond motifs is 1. The fraction of sp³-hybridized carbons (Fsp3) is 0.222. The van der Waals surface area contributed by atoms with Gasteiger partial charge in [0.05, 0.1) is 4.92 Å². The number of benzene rings is 2. The van der Waals surface area contributed by atoms with Crippen LogP contribution in [0.25, 0.3) is 0 Å². The van der Waals surface area contributed by atoms with E-state index >= 15 is 0 Å². The number of amides is 1. The number of ether oxygens (including phenoxy) is 1. The predicted molar refractivity (Wildman–Crippen MR) is 90.5 cm³/mol. The van der Waals surface area contributed by atoms with Gasteiger partial charge in [0.25, 0.3) is 11.6 Å². The molecule has 0 aliphatic carbocycles. The summed E-state index contributed by atoms with van der Waals surface area (Å²) in [7, 11) is 0. The highest BCUT2D eigenvalue weighted by Crippen LogP contribution is 2.28. The molecule has 0 spiro atoms. The van der Waals surface area contributed by atoms with E-state index in [2.05, 4.69) is 0 Å². The molecule has 1 aliphatic rings. The van der Waals surface area contributed by atoms with Gasteiger partial charge in [0.1, 0.15) is 5.56 Å². The molecule has 7 heteroatoms. The van der Waals surface area contributed by atoms with Crippen LogP contribution in [0, 0.1) is 10.1 Å². The first-order valence-corrected chi connectivity index (χ1v) is 7.82. The molecule has 0 N–H and O–H groups in total. The maximum atomic E-state index is 12.6. The molecule has 128 valence electrons. The van der Waals surface area contributed by atoms with Gasteiger partial charge in [-0.25, -0.2) is 4.79 Å². The second-order valence-electron chi connectivity index (χ2n) is 5.69. The summed E-state index contributed by atoms with van der Waals surface area (Å²) in [5.74, 6) is -1.24. The summed E-state index contributed by atoms with van der Waals surface area (Å²) in [4.78, 5) is 36.8. The van der Waals surface area contributed by atoms with Crippen LogP contribution in [-0.4, -0.2) is 29.4 Å². The SMILES string of the molecule is C[C@H](OC(=O)c1ccccc1[N+](=O)[O-])C(=O)N1CCc2ccccc21. The molecule has 0 radical (unpaired) electrons. The van der Waals surface area contributed by atoms with E-state index < -0.39 is 17.0 Å². The Bertz CT molecular complexity index is 849. The highest BCUT2D eigenvalue weighted by molar-refractivity contribution is 6.01. The minimum absolute atomic E-state index is 0.172. The van der Waals surface area contributed by atoms with Gasteiger partial charge in [-0.15, -0.1) is 0 Å². The number of nitro benzene ring substituents is 1. The van der Waals surface area contributed by atoms with Gasteiger partial charge in [0, 0.05) is 18.3 Å². The van der Waals surface area contributed by atoms with Crippen LogP contribution in [0.5, 0.6) is 0 Å². The van der Waals surface area contributed by atoms with Crippen LogP contribution in [0.4, 0.5) is 11.4 Å². The zero-order chi connectivity index (χ0) is 18.0. The molecule has 1 amide bonds. The number of anilines is 1. The molecule has 0 saturated heterocycles. The summed E-state index contributed by atoms with van der Waals surface area (Å²) in [6, 6.07) is 13.0. The van der Waals surface area contributed by atoms with Crippen molar-refractivity contribution in [2.24, 2.45) is 0 Å². The fourth-order valence-electron chi connectivity index (χ4n) is 2.87. The lowest BCUT2D eigenvalue weighted by atomic mass is 10.2. The minimum Gasteiger partial charge on any atom is -0.449 e. The highest BCUT2D eigenvalue weighted by Gasteiger charge is 2.31. The standard InChI is InChI=1S/C18H16N2O5/c1-12(17(21)19-11-10-13-6-2-4-8-15(13)19)25-18(22)14-7-3-5-9-16(14)20(23)24/h2-9,12H,10-11H2,1H3/t12-/m0/s1. The first-order valence-electron chi connectivity index (χ1n) is 7.82. The third-order valence-electron chi connectivity index (χ3n) is 4.11. The van der Waals surface area contributed by atoms with Gasteiger partial charge in [-0.1, -0.05) is 30.3 Å². The zero-order valence-corrected chi connectivity index (χ0v) is 13.5. The van der Waals surface area contributed by atoms with E-state index in [0.29, 0.717) is 6.54 Å². The molecule has 2 aromatic carbocycles. The molecular weight excluding hydrogens is 324 g/mol. The topological polar surface area (TPSA) is 89.7 Å². The molecular formula is C18H16N2O5. The van der Waals surface area contributed by atoms with E-state index in [1.807, 2.05) is 24.3 Å². The Morgan fingerprint density at radius 1 is 1.16 bits per heavy atom. The van der Waals surface area contributed by atoms with Crippen molar-refractivity contribution >= 4 is 23.3 Å². The van der Waals surface area contributed by atoms with Crippen LogP contribution < -0.4 is 4.90 Å². The van der Waals surface area contributed by atoms with Crippen molar-refractivity contribution in [1.29, 1.82) is 0 Å². The summed E-state index contributed by atoms with van der Waals surface area (Å²) in [5.41, 5.74) is 1.35. The third-order valence-corrected chi connectivity index (χ3v) is 4.11. The van der Waals surface area contributed by atoms with Crippen molar-refractivity contribution < 1.29 is 19.2 Å². The number of nitro groups is 1. The Balaban J connectivity index is 1.75. The molecule has 25 heavy (non-hydrogen) atoms. The molecule has 7 nitrogen and oxygen atoms in total. The molecule has 0 bridgehead atoms. The second kappa shape index (κ2) is 6.72. The first kappa shape index (κ1) is 16.6. The van der Waals surface area contributed by atoms with Crippen molar-refractivity contribution in [2.45, 2.75) is 19.4 Å². The van der Waals surface area contributed by atoms with E-state index in [9.17, 15) is 19.7 Å². The van der Waals surface area contributed by atoms with E-state index in [1.165, 1.54) is 31.2 Å².